The van der Waals surface area contributed by atoms with Gasteiger partial charge in [0.15, 0.2) is 0 Å². The van der Waals surface area contributed by atoms with Crippen molar-refractivity contribution in [2.45, 2.75) is 25.7 Å². The molecule has 0 radical (unpaired) electrons. The molecule has 0 bridgehead atoms. The van der Waals surface area contributed by atoms with Crippen LogP contribution in [0.4, 0.5) is 4.39 Å². The highest BCUT2D eigenvalue weighted by atomic mass is 79.9. The van der Waals surface area contributed by atoms with Crippen LogP contribution in [-0.2, 0) is 6.42 Å². The molecule has 1 saturated heterocycles. The molecule has 0 saturated carbocycles. The van der Waals surface area contributed by atoms with E-state index in [-0.39, 0.29) is 6.67 Å². The van der Waals surface area contributed by atoms with E-state index < -0.39 is 0 Å². The summed E-state index contributed by atoms with van der Waals surface area (Å²) in [6.07, 6.45) is 8.51. The molecular weight excluding hydrogens is 341 g/mol. The standard InChI is InChI=1S/C19H23BrFN/c20-19-5-2-1-4-18(19)17-8-6-15(7-9-17)12-16-13-22(14-16)11-3-10-21/h1,4,6-9,16H,2-3,5,10-14H2. The summed E-state index contributed by atoms with van der Waals surface area (Å²) >= 11 is 3.69. The smallest absolute Gasteiger partial charge is 0.0906 e. The van der Waals surface area contributed by atoms with Crippen LogP contribution in [0, 0.1) is 5.92 Å². The second kappa shape index (κ2) is 7.56. The summed E-state index contributed by atoms with van der Waals surface area (Å²) in [5.74, 6) is 0.742. The number of benzene rings is 1. The molecule has 1 aliphatic heterocycles. The SMILES string of the molecule is FCCCN1CC(Cc2ccc(C3=C(Br)CCC=C3)cc2)C1. The fraction of sp³-hybridized carbons (Fsp3) is 0.474. The predicted molar refractivity (Wildman–Crippen MR) is 94.9 cm³/mol. The van der Waals surface area contributed by atoms with Crippen molar-refractivity contribution >= 4 is 21.5 Å². The van der Waals surface area contributed by atoms with Crippen molar-refractivity contribution in [3.8, 4) is 0 Å². The third kappa shape index (κ3) is 3.88. The van der Waals surface area contributed by atoms with Crippen LogP contribution in [0.25, 0.3) is 5.57 Å². The minimum atomic E-state index is -0.192. The van der Waals surface area contributed by atoms with E-state index in [0.717, 1.165) is 44.8 Å². The Labute approximate surface area is 141 Å². The van der Waals surface area contributed by atoms with Crippen molar-refractivity contribution in [3.63, 3.8) is 0 Å². The van der Waals surface area contributed by atoms with Crippen molar-refractivity contribution < 1.29 is 4.39 Å². The van der Waals surface area contributed by atoms with E-state index in [1.807, 2.05) is 0 Å². The Kier molecular flexibility index (Phi) is 5.48. The van der Waals surface area contributed by atoms with Gasteiger partial charge in [-0.15, -0.1) is 0 Å². The molecule has 2 aliphatic rings. The van der Waals surface area contributed by atoms with Gasteiger partial charge >= 0.3 is 0 Å². The highest BCUT2D eigenvalue weighted by Gasteiger charge is 2.25. The third-order valence-corrected chi connectivity index (χ3v) is 5.36. The minimum Gasteiger partial charge on any atom is -0.303 e. The zero-order valence-corrected chi connectivity index (χ0v) is 14.5. The van der Waals surface area contributed by atoms with Crippen LogP contribution >= 0.6 is 15.9 Å². The van der Waals surface area contributed by atoms with Gasteiger partial charge in [-0.2, -0.15) is 0 Å². The maximum atomic E-state index is 12.1. The van der Waals surface area contributed by atoms with E-state index in [2.05, 4.69) is 57.2 Å². The summed E-state index contributed by atoms with van der Waals surface area (Å²) in [6.45, 7) is 2.98. The number of nitrogens with zero attached hydrogens (tertiary/aromatic N) is 1. The first-order chi connectivity index (χ1) is 10.8. The van der Waals surface area contributed by atoms with E-state index in [4.69, 9.17) is 0 Å². The van der Waals surface area contributed by atoms with Gasteiger partial charge in [-0.25, -0.2) is 0 Å². The number of alkyl halides is 1. The van der Waals surface area contributed by atoms with Crippen LogP contribution in [0.1, 0.15) is 30.4 Å². The average Bonchev–Trinajstić information content (AvgIpc) is 2.51. The van der Waals surface area contributed by atoms with E-state index in [1.54, 1.807) is 0 Å². The van der Waals surface area contributed by atoms with Gasteiger partial charge in [0.2, 0.25) is 0 Å². The number of rotatable bonds is 6. The molecule has 0 atom stereocenters. The van der Waals surface area contributed by atoms with Crippen molar-refractivity contribution in [3.05, 3.63) is 52.0 Å². The summed E-state index contributed by atoms with van der Waals surface area (Å²) in [7, 11) is 0. The van der Waals surface area contributed by atoms with Crippen LogP contribution in [0.2, 0.25) is 0 Å². The molecule has 0 unspecified atom stereocenters. The molecule has 0 aromatic heterocycles. The van der Waals surface area contributed by atoms with Crippen LogP contribution < -0.4 is 0 Å². The van der Waals surface area contributed by atoms with Gasteiger partial charge in [-0.3, -0.25) is 4.39 Å². The molecule has 0 amide bonds. The molecule has 118 valence electrons. The van der Waals surface area contributed by atoms with Crippen LogP contribution in [0.5, 0.6) is 0 Å². The third-order valence-electron chi connectivity index (χ3n) is 4.54. The lowest BCUT2D eigenvalue weighted by Gasteiger charge is -2.39. The number of hydrogen-bond donors (Lipinski definition) is 0. The summed E-state index contributed by atoms with van der Waals surface area (Å²) in [4.78, 5) is 2.35. The van der Waals surface area contributed by atoms with Crippen molar-refractivity contribution in [2.24, 2.45) is 5.92 Å². The maximum Gasteiger partial charge on any atom is 0.0906 e. The number of hydrogen-bond acceptors (Lipinski definition) is 1. The molecule has 1 fully saturated rings. The fourth-order valence-corrected chi connectivity index (χ4v) is 3.90. The van der Waals surface area contributed by atoms with Gasteiger partial charge in [-0.1, -0.05) is 52.3 Å². The van der Waals surface area contributed by atoms with Crippen molar-refractivity contribution in [2.75, 3.05) is 26.3 Å². The molecule has 1 nitrogen and oxygen atoms in total. The molecule has 1 aromatic rings. The Morgan fingerprint density at radius 2 is 1.95 bits per heavy atom. The van der Waals surface area contributed by atoms with Crippen LogP contribution in [0.3, 0.4) is 0 Å². The Morgan fingerprint density at radius 1 is 1.18 bits per heavy atom. The van der Waals surface area contributed by atoms with Crippen molar-refractivity contribution in [1.82, 2.24) is 4.90 Å². The van der Waals surface area contributed by atoms with Gasteiger partial charge in [0.25, 0.3) is 0 Å². The zero-order valence-electron chi connectivity index (χ0n) is 12.9. The van der Waals surface area contributed by atoms with Gasteiger partial charge in [0.05, 0.1) is 6.67 Å². The van der Waals surface area contributed by atoms with E-state index in [9.17, 15) is 4.39 Å². The van der Waals surface area contributed by atoms with E-state index in [0.29, 0.717) is 6.42 Å². The lowest BCUT2D eigenvalue weighted by molar-refractivity contribution is 0.0968. The Hall–Kier alpha value is -0.930. The Morgan fingerprint density at radius 3 is 2.64 bits per heavy atom. The molecule has 1 heterocycles. The summed E-state index contributed by atoms with van der Waals surface area (Å²) in [5.41, 5.74) is 4.03. The lowest BCUT2D eigenvalue weighted by atomic mass is 9.91. The monoisotopic (exact) mass is 363 g/mol. The fourth-order valence-electron chi connectivity index (χ4n) is 3.31. The van der Waals surface area contributed by atoms with Gasteiger partial charge in [0.1, 0.15) is 0 Å². The second-order valence-corrected chi connectivity index (χ2v) is 7.29. The van der Waals surface area contributed by atoms with E-state index in [1.165, 1.54) is 21.2 Å². The molecule has 0 N–H and O–H groups in total. The summed E-state index contributed by atoms with van der Waals surface area (Å²) in [5, 5.41) is 0. The van der Waals surface area contributed by atoms with Crippen LogP contribution in [0.15, 0.2) is 40.9 Å². The first-order valence-electron chi connectivity index (χ1n) is 8.19. The topological polar surface area (TPSA) is 3.24 Å². The second-order valence-electron chi connectivity index (χ2n) is 6.33. The highest BCUT2D eigenvalue weighted by Crippen LogP contribution is 2.31. The first-order valence-corrected chi connectivity index (χ1v) is 8.98. The maximum absolute atomic E-state index is 12.1. The lowest BCUT2D eigenvalue weighted by Crippen LogP contribution is -2.47. The minimum absolute atomic E-state index is 0.192. The quantitative estimate of drug-likeness (QED) is 0.688. The molecule has 3 rings (SSSR count). The van der Waals surface area contributed by atoms with Gasteiger partial charge in [0, 0.05) is 24.1 Å². The largest absolute Gasteiger partial charge is 0.303 e. The summed E-state index contributed by atoms with van der Waals surface area (Å²) < 4.78 is 13.4. The van der Waals surface area contributed by atoms with Gasteiger partial charge < -0.3 is 4.90 Å². The van der Waals surface area contributed by atoms with Crippen LogP contribution in [-0.4, -0.2) is 31.2 Å². The molecule has 22 heavy (non-hydrogen) atoms. The van der Waals surface area contributed by atoms with Crippen molar-refractivity contribution in [1.29, 1.82) is 0 Å². The Bertz CT molecular complexity index is 555. The number of halogens is 2. The number of likely N-dealkylation sites (tertiary alicyclic amines) is 1. The first kappa shape index (κ1) is 15.9. The molecular formula is C19H23BrFN. The normalized spacial score (nSPS) is 19.5. The molecule has 0 spiro atoms. The molecule has 3 heteroatoms. The molecule has 1 aromatic carbocycles. The highest BCUT2D eigenvalue weighted by molar-refractivity contribution is 9.11. The van der Waals surface area contributed by atoms with Gasteiger partial charge in [-0.05, 0) is 48.3 Å². The summed E-state index contributed by atoms with van der Waals surface area (Å²) in [6, 6.07) is 8.99. The zero-order chi connectivity index (χ0) is 15.4. The molecule has 1 aliphatic carbocycles. The number of allylic oxidation sites excluding steroid dienone is 4. The Balaban J connectivity index is 1.54. The van der Waals surface area contributed by atoms with E-state index >= 15 is 0 Å². The predicted octanol–water partition coefficient (Wildman–Crippen LogP) is 4.98. The average molecular weight is 364 g/mol.